The molecule has 4 nitrogen and oxygen atoms in total. The summed E-state index contributed by atoms with van der Waals surface area (Å²) in [6, 6.07) is 24.9. The first-order valence-electron chi connectivity index (χ1n) is 12.3. The van der Waals surface area contributed by atoms with E-state index in [0.717, 1.165) is 50.9 Å². The van der Waals surface area contributed by atoms with E-state index in [1.54, 1.807) is 18.5 Å². The molecule has 38 heavy (non-hydrogen) atoms. The fourth-order valence-corrected chi connectivity index (χ4v) is 5.25. The maximum atomic E-state index is 13.5. The molecule has 0 amide bonds. The Morgan fingerprint density at radius 1 is 0.895 bits per heavy atom. The van der Waals surface area contributed by atoms with Gasteiger partial charge in [-0.05, 0) is 47.5 Å². The molecular weight excluding hydrogens is 654 g/mol. The van der Waals surface area contributed by atoms with Gasteiger partial charge in [-0.1, -0.05) is 55.0 Å². The van der Waals surface area contributed by atoms with Crippen molar-refractivity contribution in [2.75, 3.05) is 0 Å². The fraction of sp³-hybridized carbons (Fsp3) is 0.156. The van der Waals surface area contributed by atoms with Crippen LogP contribution in [0.15, 0.2) is 83.7 Å². The minimum Gasteiger partial charge on any atom is -0.486 e. The van der Waals surface area contributed by atoms with Gasteiger partial charge < -0.3 is 14.4 Å². The molecule has 0 N–H and O–H groups in total. The van der Waals surface area contributed by atoms with Crippen molar-refractivity contribution in [3.05, 3.63) is 114 Å². The summed E-state index contributed by atoms with van der Waals surface area (Å²) in [5, 5.41) is 2.06. The molecule has 0 fully saturated rings. The third-order valence-electron chi connectivity index (χ3n) is 6.99. The van der Waals surface area contributed by atoms with E-state index in [2.05, 4.69) is 53.9 Å². The van der Waals surface area contributed by atoms with E-state index in [1.807, 2.05) is 48.7 Å². The van der Waals surface area contributed by atoms with Crippen LogP contribution in [0, 0.1) is 17.9 Å². The molecule has 0 saturated carbocycles. The topological polar surface area (TPSA) is 51.8 Å². The molecule has 0 atom stereocenters. The van der Waals surface area contributed by atoms with Crippen molar-refractivity contribution in [1.82, 2.24) is 15.0 Å². The molecule has 191 valence electrons. The molecule has 0 spiro atoms. The van der Waals surface area contributed by atoms with Crippen molar-refractivity contribution >= 4 is 22.1 Å². The van der Waals surface area contributed by atoms with Gasteiger partial charge in [0.1, 0.15) is 0 Å². The van der Waals surface area contributed by atoms with Gasteiger partial charge in [0.15, 0.2) is 0 Å². The molecule has 2 aromatic carbocycles. The van der Waals surface area contributed by atoms with Crippen LogP contribution < -0.4 is 0 Å². The van der Waals surface area contributed by atoms with Gasteiger partial charge in [-0.15, -0.1) is 47.5 Å². The Morgan fingerprint density at radius 3 is 2.53 bits per heavy atom. The molecule has 6 heteroatoms. The van der Waals surface area contributed by atoms with E-state index in [4.69, 9.17) is 4.42 Å². The van der Waals surface area contributed by atoms with Gasteiger partial charge in [0.25, 0.3) is 0 Å². The summed E-state index contributed by atoms with van der Waals surface area (Å²) in [7, 11) is 0. The number of pyridine rings is 3. The summed E-state index contributed by atoms with van der Waals surface area (Å²) in [6.45, 7) is 6.40. The molecule has 4 aromatic heterocycles. The fourth-order valence-electron chi connectivity index (χ4n) is 5.25. The summed E-state index contributed by atoms with van der Waals surface area (Å²) in [6.07, 6.45) is 6.29. The molecule has 4 heterocycles. The van der Waals surface area contributed by atoms with Crippen molar-refractivity contribution in [3.8, 4) is 22.5 Å². The number of hydrogen-bond donors (Lipinski definition) is 0. The van der Waals surface area contributed by atoms with Crippen LogP contribution in [0.5, 0.6) is 0 Å². The monoisotopic (exact) mass is 678 g/mol. The van der Waals surface area contributed by atoms with Crippen molar-refractivity contribution < 1.29 is 28.9 Å². The molecular formula is C32H24FIrN3O-2. The Labute approximate surface area is 234 Å². The van der Waals surface area contributed by atoms with Crippen LogP contribution in [0.2, 0.25) is 0 Å². The first-order chi connectivity index (χ1) is 18.0. The van der Waals surface area contributed by atoms with Gasteiger partial charge in [0.2, 0.25) is 5.71 Å². The second-order valence-corrected chi connectivity index (χ2v) is 9.55. The minimum absolute atomic E-state index is 0. The molecule has 1 aliphatic rings. The predicted molar refractivity (Wildman–Crippen MR) is 144 cm³/mol. The zero-order chi connectivity index (χ0) is 25.6. The van der Waals surface area contributed by atoms with Crippen LogP contribution in [0.4, 0.5) is 4.39 Å². The van der Waals surface area contributed by atoms with E-state index < -0.39 is 0 Å². The number of aryl methyl sites for hydroxylation is 1. The molecule has 0 bridgehead atoms. The summed E-state index contributed by atoms with van der Waals surface area (Å²) in [5.74, 6) is -0.229. The largest absolute Gasteiger partial charge is 0.486 e. The Hall–Kier alpha value is -3.73. The Morgan fingerprint density at radius 2 is 1.74 bits per heavy atom. The minimum atomic E-state index is -0.229. The average molecular weight is 678 g/mol. The van der Waals surface area contributed by atoms with E-state index in [1.165, 1.54) is 17.2 Å². The second-order valence-electron chi connectivity index (χ2n) is 9.55. The van der Waals surface area contributed by atoms with Gasteiger partial charge in [-0.25, -0.2) is 4.98 Å². The van der Waals surface area contributed by atoms with Crippen LogP contribution in [0.25, 0.3) is 44.6 Å². The molecule has 6 aromatic rings. The molecule has 0 saturated heterocycles. The van der Waals surface area contributed by atoms with E-state index in [-0.39, 0.29) is 31.3 Å². The maximum Gasteiger partial charge on any atom is 0.216 e. The van der Waals surface area contributed by atoms with Gasteiger partial charge in [-0.3, -0.25) is 4.39 Å². The van der Waals surface area contributed by atoms with Crippen molar-refractivity contribution in [1.29, 1.82) is 0 Å². The number of fused-ring (bicyclic) bond motifs is 6. The van der Waals surface area contributed by atoms with Gasteiger partial charge in [-0.2, -0.15) is 0 Å². The number of hydrogen-bond acceptors (Lipinski definition) is 4. The average Bonchev–Trinajstić information content (AvgIpc) is 3.42. The van der Waals surface area contributed by atoms with Crippen molar-refractivity contribution in [2.45, 2.75) is 32.6 Å². The summed E-state index contributed by atoms with van der Waals surface area (Å²) < 4.78 is 19.3. The number of furan rings is 1. The quantitative estimate of drug-likeness (QED) is 0.176. The predicted octanol–water partition coefficient (Wildman–Crippen LogP) is 7.73. The number of halogens is 1. The van der Waals surface area contributed by atoms with Gasteiger partial charge in [0, 0.05) is 49.9 Å². The number of nitrogens with zero attached hydrogens (tertiary/aromatic N) is 3. The molecule has 1 aliphatic carbocycles. The first-order valence-corrected chi connectivity index (χ1v) is 12.3. The maximum absolute atomic E-state index is 13.5. The second kappa shape index (κ2) is 10.2. The number of rotatable bonds is 2. The van der Waals surface area contributed by atoms with E-state index in [0.29, 0.717) is 5.71 Å². The Bertz CT molecular complexity index is 1760. The molecule has 0 aliphatic heterocycles. The smallest absolute Gasteiger partial charge is 0.216 e. The third kappa shape index (κ3) is 4.24. The zero-order valence-electron chi connectivity index (χ0n) is 21.2. The van der Waals surface area contributed by atoms with Crippen LogP contribution in [-0.2, 0) is 31.9 Å². The van der Waals surface area contributed by atoms with E-state index >= 15 is 0 Å². The van der Waals surface area contributed by atoms with Crippen LogP contribution in [-0.4, -0.2) is 15.0 Å². The third-order valence-corrected chi connectivity index (χ3v) is 6.99. The Balaban J connectivity index is 0.000000151. The van der Waals surface area contributed by atoms with Crippen LogP contribution >= 0.6 is 0 Å². The number of benzene rings is 2. The summed E-state index contributed by atoms with van der Waals surface area (Å²) in [4.78, 5) is 13.1. The van der Waals surface area contributed by atoms with Crippen LogP contribution in [0.1, 0.15) is 37.5 Å². The zero-order valence-corrected chi connectivity index (χ0v) is 23.6. The Kier molecular flexibility index (Phi) is 6.95. The first kappa shape index (κ1) is 25.9. The number of aromatic nitrogens is 3. The summed E-state index contributed by atoms with van der Waals surface area (Å²) in [5.41, 5.74) is 8.39. The molecule has 0 unspecified atom stereocenters. The van der Waals surface area contributed by atoms with Crippen LogP contribution in [0.3, 0.4) is 0 Å². The standard InChI is InChI=1S/C16H15FN.C16H9N2O.Ir/c1-4-10-7-8-18-15-12-6-5-11(17)9-13(12)16(2,3)14(10)15;1-2-9-17-14(8-1)13-6-3-5-11-12-7-4-10-18-16(12)19-15(11)13;/h5,7-9H,4H2,1-3H3;1-5,7-10H;/q2*-1;. The molecule has 1 radical (unpaired) electrons. The van der Waals surface area contributed by atoms with Crippen molar-refractivity contribution in [2.24, 2.45) is 0 Å². The van der Waals surface area contributed by atoms with Gasteiger partial charge in [0.05, 0.1) is 5.58 Å². The normalized spacial score (nSPS) is 12.8. The SMILES string of the molecule is CCc1ccnc2c1C(C)(C)c1cc(F)c[c-]c1-2.[Ir].[c-]1ccc2c(oc3ncccc32)c1-c1ccccn1. The van der Waals surface area contributed by atoms with Crippen molar-refractivity contribution in [3.63, 3.8) is 0 Å². The van der Waals surface area contributed by atoms with E-state index in [9.17, 15) is 4.39 Å². The molecule has 7 rings (SSSR count). The summed E-state index contributed by atoms with van der Waals surface area (Å²) >= 11 is 0. The van der Waals surface area contributed by atoms with Gasteiger partial charge >= 0.3 is 0 Å².